The smallest absolute Gasteiger partial charge is 0.112 e. The molecule has 0 amide bonds. The number of ether oxygens (including phenoxy) is 2. The van der Waals surface area contributed by atoms with Gasteiger partial charge in [0.05, 0.1) is 12.2 Å². The average Bonchev–Trinajstić information content (AvgIpc) is 2.51. The topological polar surface area (TPSA) is 18.5 Å². The second-order valence-corrected chi connectivity index (χ2v) is 4.04. The van der Waals surface area contributed by atoms with Crippen LogP contribution in [0.1, 0.15) is 26.7 Å². The Morgan fingerprint density at radius 1 is 1.58 bits per heavy atom. The van der Waals surface area contributed by atoms with E-state index in [4.69, 9.17) is 17.3 Å². The summed E-state index contributed by atoms with van der Waals surface area (Å²) in [7, 11) is 5.82. The summed E-state index contributed by atoms with van der Waals surface area (Å²) in [4.78, 5) is 0. The summed E-state index contributed by atoms with van der Waals surface area (Å²) < 4.78 is 11.2. The first-order chi connectivity index (χ1) is 5.68. The van der Waals surface area contributed by atoms with Gasteiger partial charge in [0.2, 0.25) is 0 Å². The average molecular weight is 166 g/mol. The molecule has 12 heavy (non-hydrogen) atoms. The van der Waals surface area contributed by atoms with Gasteiger partial charge in [0.15, 0.2) is 0 Å². The van der Waals surface area contributed by atoms with E-state index < -0.39 is 0 Å². The molecule has 0 aliphatic carbocycles. The van der Waals surface area contributed by atoms with Gasteiger partial charge in [0.25, 0.3) is 0 Å². The fourth-order valence-corrected chi connectivity index (χ4v) is 2.53. The van der Waals surface area contributed by atoms with Crippen LogP contribution in [0.3, 0.4) is 0 Å². The molecule has 2 heterocycles. The SMILES string of the molecule is [B][C@@H]1O[C@H](CC)C2(C)CCOC12. The van der Waals surface area contributed by atoms with Crippen molar-refractivity contribution in [2.45, 2.75) is 44.9 Å². The maximum absolute atomic E-state index is 5.82. The van der Waals surface area contributed by atoms with Crippen LogP contribution in [-0.2, 0) is 9.47 Å². The first-order valence-electron chi connectivity index (χ1n) is 4.71. The Morgan fingerprint density at radius 2 is 2.33 bits per heavy atom. The minimum atomic E-state index is -0.206. The lowest BCUT2D eigenvalue weighted by molar-refractivity contribution is 0.0215. The van der Waals surface area contributed by atoms with E-state index in [0.29, 0.717) is 6.10 Å². The normalized spacial score (nSPS) is 52.7. The molecule has 2 nitrogen and oxygen atoms in total. The first kappa shape index (κ1) is 8.58. The van der Waals surface area contributed by atoms with Gasteiger partial charge in [-0.2, -0.15) is 0 Å². The van der Waals surface area contributed by atoms with Crippen LogP contribution in [0.4, 0.5) is 0 Å². The highest BCUT2D eigenvalue weighted by Gasteiger charge is 2.54. The highest BCUT2D eigenvalue weighted by molar-refractivity contribution is 6.11. The molecular formula is C9H15BO2. The van der Waals surface area contributed by atoms with Crippen molar-refractivity contribution in [2.24, 2.45) is 5.41 Å². The molecule has 2 radical (unpaired) electrons. The molecule has 2 saturated heterocycles. The lowest BCUT2D eigenvalue weighted by Gasteiger charge is -2.26. The molecule has 2 aliphatic heterocycles. The summed E-state index contributed by atoms with van der Waals surface area (Å²) in [6.45, 7) is 5.21. The number of fused-ring (bicyclic) bond motifs is 1. The van der Waals surface area contributed by atoms with Gasteiger partial charge in [-0.15, -0.1) is 0 Å². The second-order valence-electron chi connectivity index (χ2n) is 4.04. The van der Waals surface area contributed by atoms with Crippen molar-refractivity contribution in [1.82, 2.24) is 0 Å². The van der Waals surface area contributed by atoms with E-state index in [1.165, 1.54) is 0 Å². The number of hydrogen-bond acceptors (Lipinski definition) is 2. The standard InChI is InChI=1S/C9H15BO2/c1-3-6-9(2)4-5-11-7(9)8(10)12-6/h6-8H,3-5H2,1-2H3/t6-,7?,8-,9?/m1/s1. The van der Waals surface area contributed by atoms with Crippen molar-refractivity contribution in [3.05, 3.63) is 0 Å². The summed E-state index contributed by atoms with van der Waals surface area (Å²) in [6.07, 6.45) is 2.54. The van der Waals surface area contributed by atoms with Crippen LogP contribution in [0, 0.1) is 5.41 Å². The molecule has 66 valence electrons. The van der Waals surface area contributed by atoms with E-state index in [9.17, 15) is 0 Å². The second kappa shape index (κ2) is 2.74. The molecule has 0 N–H and O–H groups in total. The van der Waals surface area contributed by atoms with Crippen LogP contribution in [-0.4, -0.2) is 32.7 Å². The van der Waals surface area contributed by atoms with E-state index >= 15 is 0 Å². The monoisotopic (exact) mass is 166 g/mol. The van der Waals surface area contributed by atoms with Gasteiger partial charge in [0, 0.05) is 18.0 Å². The van der Waals surface area contributed by atoms with E-state index in [-0.39, 0.29) is 17.5 Å². The van der Waals surface area contributed by atoms with Crippen LogP contribution in [0.15, 0.2) is 0 Å². The molecule has 2 aliphatic rings. The highest BCUT2D eigenvalue weighted by atomic mass is 16.6. The summed E-state index contributed by atoms with van der Waals surface area (Å²) in [5.74, 6) is 0. The molecule has 0 saturated carbocycles. The fraction of sp³-hybridized carbons (Fsp3) is 1.00. The lowest BCUT2D eigenvalue weighted by atomic mass is 9.75. The van der Waals surface area contributed by atoms with E-state index in [1.54, 1.807) is 0 Å². The first-order valence-corrected chi connectivity index (χ1v) is 4.71. The molecule has 2 unspecified atom stereocenters. The Kier molecular flexibility index (Phi) is 1.96. The zero-order valence-corrected chi connectivity index (χ0v) is 7.75. The van der Waals surface area contributed by atoms with Gasteiger partial charge in [-0.25, -0.2) is 0 Å². The summed E-state index contributed by atoms with van der Waals surface area (Å²) in [5.41, 5.74) is 0.175. The van der Waals surface area contributed by atoms with Crippen LogP contribution >= 0.6 is 0 Å². The Balaban J connectivity index is 2.21. The molecule has 0 aromatic rings. The molecule has 0 aromatic heterocycles. The molecular weight excluding hydrogens is 151 g/mol. The molecule has 0 bridgehead atoms. The van der Waals surface area contributed by atoms with Crippen LogP contribution in [0.2, 0.25) is 0 Å². The molecule has 0 spiro atoms. The zero-order valence-electron chi connectivity index (χ0n) is 7.75. The maximum atomic E-state index is 5.82. The molecule has 4 atom stereocenters. The van der Waals surface area contributed by atoms with Gasteiger partial charge < -0.3 is 9.47 Å². The summed E-state index contributed by atoms with van der Waals surface area (Å²) in [6, 6.07) is -0.206. The van der Waals surface area contributed by atoms with Crippen molar-refractivity contribution < 1.29 is 9.47 Å². The predicted octanol–water partition coefficient (Wildman–Crippen LogP) is 1.08. The molecule has 0 aromatic carbocycles. The summed E-state index contributed by atoms with van der Waals surface area (Å²) in [5, 5.41) is 0. The number of rotatable bonds is 1. The van der Waals surface area contributed by atoms with Gasteiger partial charge in [-0.3, -0.25) is 0 Å². The van der Waals surface area contributed by atoms with Crippen molar-refractivity contribution in [1.29, 1.82) is 0 Å². The Morgan fingerprint density at radius 3 is 3.00 bits per heavy atom. The Labute approximate surface area is 75.0 Å². The van der Waals surface area contributed by atoms with Crippen molar-refractivity contribution in [3.63, 3.8) is 0 Å². The third-order valence-electron chi connectivity index (χ3n) is 3.31. The van der Waals surface area contributed by atoms with Gasteiger partial charge in [-0.05, 0) is 12.8 Å². The van der Waals surface area contributed by atoms with Gasteiger partial charge in [0.1, 0.15) is 7.85 Å². The van der Waals surface area contributed by atoms with E-state index in [0.717, 1.165) is 19.4 Å². The number of hydrogen-bond donors (Lipinski definition) is 0. The van der Waals surface area contributed by atoms with Crippen molar-refractivity contribution >= 4 is 7.85 Å². The van der Waals surface area contributed by atoms with Crippen LogP contribution in [0.25, 0.3) is 0 Å². The van der Waals surface area contributed by atoms with Gasteiger partial charge in [-0.1, -0.05) is 13.8 Å². The zero-order chi connectivity index (χ0) is 8.77. The van der Waals surface area contributed by atoms with Crippen molar-refractivity contribution in [2.75, 3.05) is 6.61 Å². The third kappa shape index (κ3) is 0.959. The van der Waals surface area contributed by atoms with Crippen LogP contribution in [0.5, 0.6) is 0 Å². The Hall–Kier alpha value is -0.0151. The molecule has 2 fully saturated rings. The van der Waals surface area contributed by atoms with Crippen LogP contribution < -0.4 is 0 Å². The molecule has 3 heteroatoms. The highest BCUT2D eigenvalue weighted by Crippen LogP contribution is 2.47. The Bertz CT molecular complexity index is 185. The maximum Gasteiger partial charge on any atom is 0.112 e. The minimum Gasteiger partial charge on any atom is -0.381 e. The quantitative estimate of drug-likeness (QED) is 0.542. The lowest BCUT2D eigenvalue weighted by Crippen LogP contribution is -2.34. The van der Waals surface area contributed by atoms with Crippen molar-refractivity contribution in [3.8, 4) is 0 Å². The van der Waals surface area contributed by atoms with E-state index in [1.807, 2.05) is 0 Å². The van der Waals surface area contributed by atoms with Gasteiger partial charge >= 0.3 is 0 Å². The summed E-state index contributed by atoms with van der Waals surface area (Å²) >= 11 is 0. The largest absolute Gasteiger partial charge is 0.381 e. The predicted molar refractivity (Wildman–Crippen MR) is 47.2 cm³/mol. The minimum absolute atomic E-state index is 0.127. The fourth-order valence-electron chi connectivity index (χ4n) is 2.53. The third-order valence-corrected chi connectivity index (χ3v) is 3.31. The van der Waals surface area contributed by atoms with E-state index in [2.05, 4.69) is 13.8 Å². The molecule has 2 rings (SSSR count).